The fourth-order valence-corrected chi connectivity index (χ4v) is 3.90. The Balaban J connectivity index is 1.80. The molecule has 4 rings (SSSR count). The van der Waals surface area contributed by atoms with E-state index in [4.69, 9.17) is 15.6 Å². The van der Waals surface area contributed by atoms with E-state index in [0.29, 0.717) is 17.5 Å². The molecule has 0 aliphatic heterocycles. The van der Waals surface area contributed by atoms with Crippen LogP contribution in [0.15, 0.2) is 54.6 Å². The van der Waals surface area contributed by atoms with E-state index >= 15 is 0 Å². The summed E-state index contributed by atoms with van der Waals surface area (Å²) < 4.78 is 5.32. The van der Waals surface area contributed by atoms with Gasteiger partial charge in [-0.1, -0.05) is 18.2 Å². The number of ether oxygens (including phenoxy) is 1. The number of carbonyl (C=O) groups is 2. The molecule has 0 fully saturated rings. The lowest BCUT2D eigenvalue weighted by Gasteiger charge is -2.11. The van der Waals surface area contributed by atoms with E-state index < -0.39 is 5.91 Å². The van der Waals surface area contributed by atoms with Crippen molar-refractivity contribution in [3.63, 3.8) is 0 Å². The van der Waals surface area contributed by atoms with Gasteiger partial charge in [-0.3, -0.25) is 9.59 Å². The molecule has 1 aliphatic rings. The third-order valence-corrected chi connectivity index (χ3v) is 5.34. The van der Waals surface area contributed by atoms with Crippen molar-refractivity contribution >= 4 is 11.8 Å². The number of fused-ring (bicyclic) bond motifs is 3. The van der Waals surface area contributed by atoms with Crippen molar-refractivity contribution < 1.29 is 19.4 Å². The number of aliphatic hydroxyl groups excluding tert-OH is 1. The molecule has 6 heteroatoms. The van der Waals surface area contributed by atoms with Gasteiger partial charge in [0.25, 0.3) is 5.91 Å². The minimum absolute atomic E-state index is 0.114. The third-order valence-electron chi connectivity index (χ3n) is 5.34. The molecule has 2 amide bonds. The highest BCUT2D eigenvalue weighted by Crippen LogP contribution is 2.41. The lowest BCUT2D eigenvalue weighted by atomic mass is 9.94. The first-order valence-electron chi connectivity index (χ1n) is 9.65. The van der Waals surface area contributed by atoms with Gasteiger partial charge in [-0.05, 0) is 76.2 Å². The van der Waals surface area contributed by atoms with E-state index in [1.54, 1.807) is 13.2 Å². The van der Waals surface area contributed by atoms with E-state index in [-0.39, 0.29) is 19.1 Å². The summed E-state index contributed by atoms with van der Waals surface area (Å²) in [6, 6.07) is 17.0. The fraction of sp³-hybridized carbons (Fsp3) is 0.167. The van der Waals surface area contributed by atoms with Gasteiger partial charge in [0.1, 0.15) is 5.75 Å². The Morgan fingerprint density at radius 1 is 1.07 bits per heavy atom. The predicted molar refractivity (Wildman–Crippen MR) is 115 cm³/mol. The molecule has 0 spiro atoms. The van der Waals surface area contributed by atoms with Gasteiger partial charge in [0.2, 0.25) is 5.91 Å². The second-order valence-electron chi connectivity index (χ2n) is 7.17. The van der Waals surface area contributed by atoms with Crippen LogP contribution in [-0.2, 0) is 6.42 Å². The molecule has 4 N–H and O–H groups in total. The minimum atomic E-state index is -0.482. The van der Waals surface area contributed by atoms with E-state index in [1.165, 1.54) is 0 Å². The number of hydrogen-bond acceptors (Lipinski definition) is 4. The number of hydrogen-bond donors (Lipinski definition) is 3. The summed E-state index contributed by atoms with van der Waals surface area (Å²) in [5.74, 6) is 0.00673. The Kier molecular flexibility index (Phi) is 5.25. The number of amides is 2. The van der Waals surface area contributed by atoms with Crippen LogP contribution in [0.2, 0.25) is 0 Å². The molecule has 0 saturated carbocycles. The molecular weight excluding hydrogens is 380 g/mol. The first-order valence-corrected chi connectivity index (χ1v) is 9.65. The number of methoxy groups -OCH3 is 1. The predicted octanol–water partition coefficient (Wildman–Crippen LogP) is 2.75. The molecule has 0 bridgehead atoms. The standard InChI is InChI=1S/C24H22N2O4/c1-30-18-4-2-3-14(10-18)16-11-20-19-6-5-15(24(29)26-7-8-27)9-17(19)13-21(20)22(12-16)23(25)28/h2-6,9-12,27H,7-8,13H2,1H3,(H2,25,28)(H,26,29). The van der Waals surface area contributed by atoms with Gasteiger partial charge in [0.05, 0.1) is 13.7 Å². The Labute approximate surface area is 174 Å². The van der Waals surface area contributed by atoms with Crippen LogP contribution in [0, 0.1) is 0 Å². The quantitative estimate of drug-likeness (QED) is 0.462. The summed E-state index contributed by atoms with van der Waals surface area (Å²) in [5, 5.41) is 11.6. The summed E-state index contributed by atoms with van der Waals surface area (Å²) in [6.07, 6.45) is 0.530. The van der Waals surface area contributed by atoms with Crippen LogP contribution in [0.25, 0.3) is 22.3 Å². The average molecular weight is 402 g/mol. The molecule has 6 nitrogen and oxygen atoms in total. The lowest BCUT2D eigenvalue weighted by Crippen LogP contribution is -2.26. The summed E-state index contributed by atoms with van der Waals surface area (Å²) in [6.45, 7) is 0.0863. The third kappa shape index (κ3) is 3.53. The molecule has 0 heterocycles. The first kappa shape index (κ1) is 19.7. The highest BCUT2D eigenvalue weighted by atomic mass is 16.5. The van der Waals surface area contributed by atoms with Crippen LogP contribution in [0.5, 0.6) is 5.75 Å². The average Bonchev–Trinajstić information content (AvgIpc) is 3.14. The largest absolute Gasteiger partial charge is 0.497 e. The maximum atomic E-state index is 12.2. The molecule has 0 saturated heterocycles. The van der Waals surface area contributed by atoms with E-state index in [0.717, 1.165) is 39.1 Å². The molecule has 0 atom stereocenters. The zero-order chi connectivity index (χ0) is 21.3. The van der Waals surface area contributed by atoms with Crippen LogP contribution in [0.4, 0.5) is 0 Å². The van der Waals surface area contributed by atoms with Gasteiger partial charge >= 0.3 is 0 Å². The molecule has 1 aliphatic carbocycles. The van der Waals surface area contributed by atoms with Crippen molar-refractivity contribution in [1.82, 2.24) is 5.32 Å². The molecule has 0 aromatic heterocycles. The highest BCUT2D eigenvalue weighted by molar-refractivity contribution is 6.01. The summed E-state index contributed by atoms with van der Waals surface area (Å²) in [4.78, 5) is 24.5. The summed E-state index contributed by atoms with van der Waals surface area (Å²) >= 11 is 0. The van der Waals surface area contributed by atoms with Gasteiger partial charge in [-0.25, -0.2) is 0 Å². The Morgan fingerprint density at radius 3 is 2.63 bits per heavy atom. The highest BCUT2D eigenvalue weighted by Gasteiger charge is 2.25. The van der Waals surface area contributed by atoms with Crippen molar-refractivity contribution in [1.29, 1.82) is 0 Å². The van der Waals surface area contributed by atoms with Crippen molar-refractivity contribution in [2.75, 3.05) is 20.3 Å². The number of aliphatic hydroxyl groups is 1. The molecular formula is C24H22N2O4. The monoisotopic (exact) mass is 402 g/mol. The van der Waals surface area contributed by atoms with Gasteiger partial charge in [0, 0.05) is 17.7 Å². The molecule has 152 valence electrons. The zero-order valence-corrected chi connectivity index (χ0v) is 16.6. The number of primary amides is 1. The van der Waals surface area contributed by atoms with Crippen LogP contribution < -0.4 is 15.8 Å². The number of benzene rings is 3. The van der Waals surface area contributed by atoms with Gasteiger partial charge in [-0.15, -0.1) is 0 Å². The smallest absolute Gasteiger partial charge is 0.251 e. The molecule has 3 aromatic carbocycles. The summed E-state index contributed by atoms with van der Waals surface area (Å²) in [7, 11) is 1.61. The SMILES string of the molecule is COc1cccc(-c2cc(C(N)=O)c3c(c2)-c2ccc(C(=O)NCCO)cc2C3)c1. The van der Waals surface area contributed by atoms with Crippen LogP contribution in [-0.4, -0.2) is 37.2 Å². The van der Waals surface area contributed by atoms with Crippen LogP contribution >= 0.6 is 0 Å². The van der Waals surface area contributed by atoms with Gasteiger partial charge in [0.15, 0.2) is 0 Å². The zero-order valence-electron chi connectivity index (χ0n) is 16.6. The molecule has 0 radical (unpaired) electrons. The summed E-state index contributed by atoms with van der Waals surface area (Å²) in [5.41, 5.74) is 12.3. The molecule has 30 heavy (non-hydrogen) atoms. The minimum Gasteiger partial charge on any atom is -0.497 e. The van der Waals surface area contributed by atoms with Crippen molar-refractivity contribution in [2.45, 2.75) is 6.42 Å². The molecule has 3 aromatic rings. The van der Waals surface area contributed by atoms with Crippen LogP contribution in [0.3, 0.4) is 0 Å². The van der Waals surface area contributed by atoms with Crippen molar-refractivity contribution in [3.8, 4) is 28.0 Å². The second-order valence-corrected chi connectivity index (χ2v) is 7.17. The second kappa shape index (κ2) is 8.00. The normalized spacial score (nSPS) is 11.5. The maximum Gasteiger partial charge on any atom is 0.251 e. The Bertz CT molecular complexity index is 1150. The fourth-order valence-electron chi connectivity index (χ4n) is 3.90. The van der Waals surface area contributed by atoms with E-state index in [1.807, 2.05) is 48.5 Å². The number of nitrogens with two attached hydrogens (primary N) is 1. The Hall–Kier alpha value is -3.64. The topological polar surface area (TPSA) is 102 Å². The lowest BCUT2D eigenvalue weighted by molar-refractivity contribution is 0.0943. The van der Waals surface area contributed by atoms with Crippen LogP contribution in [0.1, 0.15) is 31.8 Å². The number of rotatable bonds is 6. The number of nitrogens with one attached hydrogen (secondary N) is 1. The van der Waals surface area contributed by atoms with E-state index in [2.05, 4.69) is 5.32 Å². The van der Waals surface area contributed by atoms with Gasteiger partial charge < -0.3 is 20.9 Å². The van der Waals surface area contributed by atoms with Crippen molar-refractivity contribution in [2.24, 2.45) is 5.73 Å². The van der Waals surface area contributed by atoms with E-state index in [9.17, 15) is 9.59 Å². The Morgan fingerprint density at radius 2 is 1.90 bits per heavy atom. The van der Waals surface area contributed by atoms with Crippen molar-refractivity contribution in [3.05, 3.63) is 76.9 Å². The maximum absolute atomic E-state index is 12.2. The number of carbonyl (C=O) groups excluding carboxylic acids is 2. The van der Waals surface area contributed by atoms with Gasteiger partial charge in [-0.2, -0.15) is 0 Å². The molecule has 0 unspecified atom stereocenters. The first-order chi connectivity index (χ1) is 14.5.